The van der Waals surface area contributed by atoms with Crippen molar-refractivity contribution in [2.45, 2.75) is 36.8 Å². The Labute approximate surface area is 188 Å². The zero-order chi connectivity index (χ0) is 21.6. The van der Waals surface area contributed by atoms with Gasteiger partial charge in [-0.15, -0.1) is 0 Å². The van der Waals surface area contributed by atoms with E-state index in [1.807, 2.05) is 6.07 Å². The second-order valence-electron chi connectivity index (χ2n) is 7.40. The highest BCUT2D eigenvalue weighted by atomic mass is 35.5. The number of hydrogen-bond donors (Lipinski definition) is 1. The van der Waals surface area contributed by atoms with Crippen LogP contribution in [-0.4, -0.2) is 44.0 Å². The first-order chi connectivity index (χ1) is 14.4. The second-order valence-corrected chi connectivity index (χ2v) is 10.9. The van der Waals surface area contributed by atoms with Crippen LogP contribution in [0.5, 0.6) is 0 Å². The van der Waals surface area contributed by atoms with Crippen molar-refractivity contribution in [3.05, 3.63) is 64.2 Å². The summed E-state index contributed by atoms with van der Waals surface area (Å²) in [6, 6.07) is 12.7. The quantitative estimate of drug-likeness (QED) is 0.582. The van der Waals surface area contributed by atoms with Gasteiger partial charge in [-0.1, -0.05) is 47.9 Å². The van der Waals surface area contributed by atoms with Crippen LogP contribution >= 0.6 is 23.4 Å². The van der Waals surface area contributed by atoms with E-state index in [0.29, 0.717) is 19.6 Å². The monoisotopic (exact) mass is 466 g/mol. The van der Waals surface area contributed by atoms with Gasteiger partial charge in [0.2, 0.25) is 10.0 Å². The van der Waals surface area contributed by atoms with E-state index in [-0.39, 0.29) is 21.4 Å². The van der Waals surface area contributed by atoms with Gasteiger partial charge in [0.05, 0.1) is 15.5 Å². The van der Waals surface area contributed by atoms with Crippen LogP contribution in [0, 0.1) is 6.92 Å². The fourth-order valence-corrected chi connectivity index (χ4v) is 5.97. The van der Waals surface area contributed by atoms with Crippen molar-refractivity contribution in [3.8, 4) is 0 Å². The third kappa shape index (κ3) is 6.00. The Balaban J connectivity index is 1.57. The van der Waals surface area contributed by atoms with E-state index < -0.39 is 10.0 Å². The number of hydrogen-bond acceptors (Lipinski definition) is 4. The molecule has 0 spiro atoms. The Bertz CT molecular complexity index is 990. The molecule has 8 heteroatoms. The number of thioether (sulfide) groups is 1. The molecule has 2 aromatic carbocycles. The molecule has 0 saturated carbocycles. The van der Waals surface area contributed by atoms with Crippen LogP contribution in [0.1, 0.15) is 40.7 Å². The number of piperidine rings is 1. The van der Waals surface area contributed by atoms with Crippen molar-refractivity contribution in [3.63, 3.8) is 0 Å². The number of halogens is 1. The third-order valence-corrected chi connectivity index (χ3v) is 8.27. The number of nitrogens with one attached hydrogen (secondary N) is 1. The average Bonchev–Trinajstić information content (AvgIpc) is 2.74. The van der Waals surface area contributed by atoms with Crippen LogP contribution in [-0.2, 0) is 15.8 Å². The Hall–Kier alpha value is -1.54. The topological polar surface area (TPSA) is 66.5 Å². The van der Waals surface area contributed by atoms with Crippen molar-refractivity contribution in [2.24, 2.45) is 0 Å². The molecule has 2 aromatic rings. The normalized spacial score (nSPS) is 15.1. The highest BCUT2D eigenvalue weighted by Gasteiger charge is 2.27. The highest BCUT2D eigenvalue weighted by molar-refractivity contribution is 7.98. The number of amides is 1. The number of sulfonamides is 1. The first kappa shape index (κ1) is 23.1. The third-order valence-electron chi connectivity index (χ3n) is 5.02. The van der Waals surface area contributed by atoms with E-state index in [0.717, 1.165) is 30.8 Å². The molecule has 1 N–H and O–H groups in total. The van der Waals surface area contributed by atoms with Gasteiger partial charge >= 0.3 is 0 Å². The van der Waals surface area contributed by atoms with E-state index in [9.17, 15) is 13.2 Å². The van der Waals surface area contributed by atoms with E-state index in [1.54, 1.807) is 11.8 Å². The summed E-state index contributed by atoms with van der Waals surface area (Å²) in [5.74, 6) is 1.28. The molecule has 1 saturated heterocycles. The molecule has 162 valence electrons. The van der Waals surface area contributed by atoms with Crippen molar-refractivity contribution in [1.82, 2.24) is 9.62 Å². The molecule has 1 fully saturated rings. The molecule has 0 unspecified atom stereocenters. The van der Waals surface area contributed by atoms with Gasteiger partial charge in [0.15, 0.2) is 0 Å². The smallest absolute Gasteiger partial charge is 0.252 e. The SMILES string of the molecule is Cc1cccc(CSCCNC(=O)c2cc(S(=O)(=O)N3CCCCC3)ccc2Cl)c1. The van der Waals surface area contributed by atoms with Gasteiger partial charge in [0.25, 0.3) is 5.91 Å². The maximum atomic E-state index is 12.9. The zero-order valence-electron chi connectivity index (χ0n) is 17.1. The zero-order valence-corrected chi connectivity index (χ0v) is 19.5. The molecular formula is C22H27ClN2O3S2. The molecule has 5 nitrogen and oxygen atoms in total. The van der Waals surface area contributed by atoms with Gasteiger partial charge in [-0.3, -0.25) is 4.79 Å². The van der Waals surface area contributed by atoms with E-state index in [2.05, 4.69) is 30.4 Å². The summed E-state index contributed by atoms with van der Waals surface area (Å²) >= 11 is 7.92. The van der Waals surface area contributed by atoms with Crippen LogP contribution in [0.4, 0.5) is 0 Å². The molecule has 1 amide bonds. The lowest BCUT2D eigenvalue weighted by Crippen LogP contribution is -2.35. The van der Waals surface area contributed by atoms with E-state index >= 15 is 0 Å². The van der Waals surface area contributed by atoms with Crippen LogP contribution in [0.25, 0.3) is 0 Å². The molecule has 0 radical (unpaired) electrons. The maximum absolute atomic E-state index is 12.9. The van der Waals surface area contributed by atoms with E-state index in [4.69, 9.17) is 11.6 Å². The highest BCUT2D eigenvalue weighted by Crippen LogP contribution is 2.25. The summed E-state index contributed by atoms with van der Waals surface area (Å²) in [4.78, 5) is 12.7. The molecule has 0 atom stereocenters. The van der Waals surface area contributed by atoms with Gasteiger partial charge < -0.3 is 5.32 Å². The molecule has 3 rings (SSSR count). The van der Waals surface area contributed by atoms with Crippen LogP contribution < -0.4 is 5.32 Å². The lowest BCUT2D eigenvalue weighted by atomic mass is 10.2. The van der Waals surface area contributed by atoms with Crippen LogP contribution in [0.2, 0.25) is 5.02 Å². The van der Waals surface area contributed by atoms with Gasteiger partial charge in [-0.25, -0.2) is 8.42 Å². The molecular weight excluding hydrogens is 440 g/mol. The summed E-state index contributed by atoms with van der Waals surface area (Å²) in [5.41, 5.74) is 2.68. The van der Waals surface area contributed by atoms with Crippen molar-refractivity contribution >= 4 is 39.3 Å². The first-order valence-corrected chi connectivity index (χ1v) is 13.1. The van der Waals surface area contributed by atoms with Crippen molar-refractivity contribution in [1.29, 1.82) is 0 Å². The summed E-state index contributed by atoms with van der Waals surface area (Å²) in [6.07, 6.45) is 2.77. The molecule has 1 heterocycles. The summed E-state index contributed by atoms with van der Waals surface area (Å²) < 4.78 is 27.2. The number of carbonyl (C=O) groups excluding carboxylic acids is 1. The maximum Gasteiger partial charge on any atom is 0.252 e. The number of nitrogens with zero attached hydrogens (tertiary/aromatic N) is 1. The molecule has 0 bridgehead atoms. The summed E-state index contributed by atoms with van der Waals surface area (Å²) in [7, 11) is -3.61. The summed E-state index contributed by atoms with van der Waals surface area (Å²) in [6.45, 7) is 3.59. The predicted octanol–water partition coefficient (Wildman–Crippen LogP) is 4.49. The van der Waals surface area contributed by atoms with Crippen molar-refractivity contribution < 1.29 is 13.2 Å². The van der Waals surface area contributed by atoms with Crippen LogP contribution in [0.3, 0.4) is 0 Å². The minimum absolute atomic E-state index is 0.118. The molecule has 0 aliphatic carbocycles. The van der Waals surface area contributed by atoms with Gasteiger partial charge in [0, 0.05) is 31.1 Å². The number of carbonyl (C=O) groups is 1. The molecule has 30 heavy (non-hydrogen) atoms. The standard InChI is InChI=1S/C22H27ClN2O3S2/c1-17-6-5-7-18(14-17)16-29-13-10-24-22(26)20-15-19(8-9-21(20)23)30(27,28)25-11-3-2-4-12-25/h5-9,14-15H,2-4,10-13,16H2,1H3,(H,24,26). The lowest BCUT2D eigenvalue weighted by Gasteiger charge is -2.26. The fourth-order valence-electron chi connectivity index (χ4n) is 3.42. The minimum atomic E-state index is -3.61. The Kier molecular flexibility index (Phi) is 8.22. The second kappa shape index (κ2) is 10.7. The van der Waals surface area contributed by atoms with Gasteiger partial charge in [-0.2, -0.15) is 16.1 Å². The average molecular weight is 467 g/mol. The Morgan fingerprint density at radius 3 is 2.63 bits per heavy atom. The van der Waals surface area contributed by atoms with Gasteiger partial charge in [-0.05, 0) is 43.5 Å². The number of aryl methyl sites for hydroxylation is 1. The Morgan fingerprint density at radius 1 is 1.13 bits per heavy atom. The van der Waals surface area contributed by atoms with Crippen LogP contribution in [0.15, 0.2) is 47.4 Å². The van der Waals surface area contributed by atoms with E-state index in [1.165, 1.54) is 33.6 Å². The predicted molar refractivity (Wildman–Crippen MR) is 124 cm³/mol. The fraction of sp³-hybridized carbons (Fsp3) is 0.409. The number of rotatable bonds is 8. The van der Waals surface area contributed by atoms with Crippen molar-refractivity contribution in [2.75, 3.05) is 25.4 Å². The largest absolute Gasteiger partial charge is 0.351 e. The summed E-state index contributed by atoms with van der Waals surface area (Å²) in [5, 5.41) is 3.09. The molecule has 0 aromatic heterocycles. The molecule has 1 aliphatic heterocycles. The first-order valence-electron chi connectivity index (χ1n) is 10.1. The minimum Gasteiger partial charge on any atom is -0.351 e. The number of benzene rings is 2. The Morgan fingerprint density at radius 2 is 1.90 bits per heavy atom. The lowest BCUT2D eigenvalue weighted by molar-refractivity contribution is 0.0956. The molecule has 1 aliphatic rings. The van der Waals surface area contributed by atoms with Gasteiger partial charge in [0.1, 0.15) is 0 Å².